The summed E-state index contributed by atoms with van der Waals surface area (Å²) in [4.78, 5) is 28.1. The molecule has 12 heteroatoms. The fraction of sp³-hybridized carbons (Fsp3) is 0.350. The van der Waals surface area contributed by atoms with E-state index in [0.717, 1.165) is 0 Å². The summed E-state index contributed by atoms with van der Waals surface area (Å²) in [6.45, 7) is 2.39. The molecule has 3 heterocycles. The summed E-state index contributed by atoms with van der Waals surface area (Å²) in [5.74, 6) is 1.52. The molecule has 0 saturated carbocycles. The predicted molar refractivity (Wildman–Crippen MR) is 118 cm³/mol. The second kappa shape index (κ2) is 10.0. The van der Waals surface area contributed by atoms with E-state index in [4.69, 9.17) is 14.2 Å². The van der Waals surface area contributed by atoms with Crippen molar-refractivity contribution in [2.45, 2.75) is 24.6 Å². The molecule has 0 aliphatic carbocycles. The van der Waals surface area contributed by atoms with Crippen molar-refractivity contribution in [2.24, 2.45) is 7.05 Å². The fourth-order valence-corrected chi connectivity index (χ4v) is 4.41. The van der Waals surface area contributed by atoms with Crippen LogP contribution in [-0.4, -0.2) is 50.6 Å². The summed E-state index contributed by atoms with van der Waals surface area (Å²) in [5, 5.41) is 13.9. The Hall–Kier alpha value is -3.12. The lowest BCUT2D eigenvalue weighted by molar-refractivity contribution is -0.142. The third kappa shape index (κ3) is 5.19. The number of carbonyl (C=O) groups is 2. The van der Waals surface area contributed by atoms with E-state index in [-0.39, 0.29) is 24.1 Å². The van der Waals surface area contributed by atoms with Gasteiger partial charge in [-0.1, -0.05) is 23.9 Å². The summed E-state index contributed by atoms with van der Waals surface area (Å²) >= 11 is 2.51. The normalized spacial score (nSPS) is 14.8. The zero-order valence-corrected chi connectivity index (χ0v) is 19.1. The number of para-hydroxylation sites is 2. The number of anilines is 1. The zero-order chi connectivity index (χ0) is 22.5. The molecule has 0 spiro atoms. The Bertz CT molecular complexity index is 1120. The number of nitrogens with zero attached hydrogens (tertiary/aromatic N) is 4. The van der Waals surface area contributed by atoms with E-state index < -0.39 is 6.10 Å². The zero-order valence-electron chi connectivity index (χ0n) is 17.4. The minimum atomic E-state index is -0.390. The maximum absolute atomic E-state index is 12.3. The average molecular weight is 476 g/mol. The van der Waals surface area contributed by atoms with Gasteiger partial charge in [-0.15, -0.1) is 21.5 Å². The Kier molecular flexibility index (Phi) is 6.90. The van der Waals surface area contributed by atoms with E-state index in [0.29, 0.717) is 46.5 Å². The van der Waals surface area contributed by atoms with Crippen LogP contribution in [0.4, 0.5) is 5.13 Å². The largest absolute Gasteiger partial charge is 0.485 e. The lowest BCUT2D eigenvalue weighted by atomic mass is 10.2. The molecule has 1 atom stereocenters. The van der Waals surface area contributed by atoms with E-state index in [9.17, 15) is 9.59 Å². The van der Waals surface area contributed by atoms with Crippen molar-refractivity contribution in [2.75, 3.05) is 24.3 Å². The van der Waals surface area contributed by atoms with E-state index in [2.05, 4.69) is 20.5 Å². The van der Waals surface area contributed by atoms with Crippen molar-refractivity contribution < 1.29 is 23.8 Å². The molecule has 1 amide bonds. The number of benzene rings is 1. The standard InChI is InChI=1S/C20H21N5O5S2/c1-3-28-17(27)8-12-10-31-19(21-12)22-16(26)11-32-20-24-23-18(25(20)2)15-9-29-13-6-4-5-7-14(13)30-15/h4-7,10,15H,3,8-9,11H2,1-2H3,(H,21,22,26). The molecule has 0 bridgehead atoms. The Morgan fingerprint density at radius 3 is 2.94 bits per heavy atom. The van der Waals surface area contributed by atoms with E-state index >= 15 is 0 Å². The molecule has 0 radical (unpaired) electrons. The number of hydrogen-bond donors (Lipinski definition) is 1. The number of thiazole rings is 1. The number of amides is 1. The molecular weight excluding hydrogens is 454 g/mol. The monoisotopic (exact) mass is 475 g/mol. The van der Waals surface area contributed by atoms with Crippen LogP contribution < -0.4 is 14.8 Å². The number of aromatic nitrogens is 4. The first-order valence-electron chi connectivity index (χ1n) is 9.84. The van der Waals surface area contributed by atoms with Gasteiger partial charge in [0, 0.05) is 12.4 Å². The minimum Gasteiger partial charge on any atom is -0.485 e. The SMILES string of the molecule is CCOC(=O)Cc1csc(NC(=O)CSc2nnc(C3COc4ccccc4O3)n2C)n1. The van der Waals surface area contributed by atoms with Gasteiger partial charge in [0.2, 0.25) is 5.91 Å². The van der Waals surface area contributed by atoms with Gasteiger partial charge in [-0.2, -0.15) is 0 Å². The number of esters is 1. The summed E-state index contributed by atoms with van der Waals surface area (Å²) in [5.41, 5.74) is 0.561. The van der Waals surface area contributed by atoms with Crippen LogP contribution in [0.2, 0.25) is 0 Å². The molecular formula is C20H21N5O5S2. The quantitative estimate of drug-likeness (QED) is 0.387. The van der Waals surface area contributed by atoms with E-state index in [1.54, 1.807) is 16.9 Å². The van der Waals surface area contributed by atoms with Crippen LogP contribution in [0.5, 0.6) is 11.5 Å². The smallest absolute Gasteiger partial charge is 0.311 e. The van der Waals surface area contributed by atoms with Crippen LogP contribution in [0.1, 0.15) is 24.5 Å². The maximum atomic E-state index is 12.3. The van der Waals surface area contributed by atoms with Crippen LogP contribution in [0.15, 0.2) is 34.8 Å². The highest BCUT2D eigenvalue weighted by Gasteiger charge is 2.27. The van der Waals surface area contributed by atoms with Gasteiger partial charge in [0.25, 0.3) is 0 Å². The first-order chi connectivity index (χ1) is 15.5. The molecule has 1 aliphatic heterocycles. The third-order valence-electron chi connectivity index (χ3n) is 4.43. The molecule has 4 rings (SSSR count). The first-order valence-corrected chi connectivity index (χ1v) is 11.7. The molecule has 1 aliphatic rings. The Morgan fingerprint density at radius 1 is 1.31 bits per heavy atom. The van der Waals surface area contributed by atoms with Crippen molar-refractivity contribution in [1.82, 2.24) is 19.7 Å². The molecule has 0 fully saturated rings. The second-order valence-corrected chi connectivity index (χ2v) is 8.53. The summed E-state index contributed by atoms with van der Waals surface area (Å²) < 4.78 is 18.4. The van der Waals surface area contributed by atoms with Gasteiger partial charge < -0.3 is 24.1 Å². The number of fused-ring (bicyclic) bond motifs is 1. The number of carbonyl (C=O) groups excluding carboxylic acids is 2. The van der Waals surface area contributed by atoms with Gasteiger partial charge in [0.1, 0.15) is 6.61 Å². The van der Waals surface area contributed by atoms with Crippen molar-refractivity contribution >= 4 is 40.1 Å². The number of hydrogen-bond acceptors (Lipinski definition) is 10. The van der Waals surface area contributed by atoms with Gasteiger partial charge >= 0.3 is 5.97 Å². The first kappa shape index (κ1) is 22.1. The lowest BCUT2D eigenvalue weighted by Crippen LogP contribution is -2.24. The Labute approximate surface area is 192 Å². The average Bonchev–Trinajstić information content (AvgIpc) is 3.38. The fourth-order valence-electron chi connectivity index (χ4n) is 2.97. The summed E-state index contributed by atoms with van der Waals surface area (Å²) in [6, 6.07) is 7.46. The second-order valence-electron chi connectivity index (χ2n) is 6.73. The number of thioether (sulfide) groups is 1. The molecule has 32 heavy (non-hydrogen) atoms. The Balaban J connectivity index is 1.30. The van der Waals surface area contributed by atoms with Gasteiger partial charge in [0.05, 0.1) is 24.5 Å². The van der Waals surface area contributed by atoms with E-state index in [1.165, 1.54) is 23.1 Å². The van der Waals surface area contributed by atoms with Crippen LogP contribution in [0, 0.1) is 0 Å². The minimum absolute atomic E-state index is 0.0775. The lowest BCUT2D eigenvalue weighted by Gasteiger charge is -2.25. The van der Waals surface area contributed by atoms with Gasteiger partial charge in [0.15, 0.2) is 33.7 Å². The molecule has 1 unspecified atom stereocenters. The van der Waals surface area contributed by atoms with Gasteiger partial charge in [-0.3, -0.25) is 9.59 Å². The number of ether oxygens (including phenoxy) is 3. The Morgan fingerprint density at radius 2 is 2.12 bits per heavy atom. The van der Waals surface area contributed by atoms with Crippen LogP contribution in [0.3, 0.4) is 0 Å². The van der Waals surface area contributed by atoms with Crippen molar-refractivity contribution in [3.63, 3.8) is 0 Å². The number of rotatable bonds is 8. The molecule has 2 aromatic heterocycles. The third-order valence-corrected chi connectivity index (χ3v) is 6.25. The van der Waals surface area contributed by atoms with Crippen LogP contribution in [-0.2, 0) is 27.8 Å². The van der Waals surface area contributed by atoms with Crippen molar-refractivity contribution in [1.29, 1.82) is 0 Å². The molecule has 1 aromatic carbocycles. The van der Waals surface area contributed by atoms with Crippen LogP contribution >= 0.6 is 23.1 Å². The molecule has 168 valence electrons. The molecule has 10 nitrogen and oxygen atoms in total. The van der Waals surface area contributed by atoms with Crippen LogP contribution in [0.25, 0.3) is 0 Å². The number of nitrogens with one attached hydrogen (secondary N) is 1. The topological polar surface area (TPSA) is 117 Å². The molecule has 1 N–H and O–H groups in total. The maximum Gasteiger partial charge on any atom is 0.311 e. The summed E-state index contributed by atoms with van der Waals surface area (Å²) in [7, 11) is 1.82. The van der Waals surface area contributed by atoms with Gasteiger partial charge in [-0.05, 0) is 19.1 Å². The highest BCUT2D eigenvalue weighted by molar-refractivity contribution is 7.99. The van der Waals surface area contributed by atoms with Crippen molar-refractivity contribution in [3.05, 3.63) is 41.2 Å². The highest BCUT2D eigenvalue weighted by atomic mass is 32.2. The highest BCUT2D eigenvalue weighted by Crippen LogP contribution is 2.35. The van der Waals surface area contributed by atoms with Gasteiger partial charge in [-0.25, -0.2) is 4.98 Å². The molecule has 0 saturated heterocycles. The van der Waals surface area contributed by atoms with E-state index in [1.807, 2.05) is 31.3 Å². The summed E-state index contributed by atoms with van der Waals surface area (Å²) in [6.07, 6.45) is -0.313. The van der Waals surface area contributed by atoms with Crippen molar-refractivity contribution in [3.8, 4) is 11.5 Å². The molecule has 3 aromatic rings. The predicted octanol–water partition coefficient (Wildman–Crippen LogP) is 2.62.